The molecular formula is C7H9NO5S. The SMILES string of the molecule is CC(C)S(=O)(=O)c1nc(C(=O)O)co1. The van der Waals surface area contributed by atoms with Gasteiger partial charge < -0.3 is 9.52 Å². The average Bonchev–Trinajstić information content (AvgIpc) is 2.51. The highest BCUT2D eigenvalue weighted by Gasteiger charge is 2.26. The van der Waals surface area contributed by atoms with Crippen molar-refractivity contribution in [3.63, 3.8) is 0 Å². The Morgan fingerprint density at radius 3 is 2.50 bits per heavy atom. The number of hydrogen-bond acceptors (Lipinski definition) is 5. The molecule has 1 rings (SSSR count). The van der Waals surface area contributed by atoms with E-state index in [1.165, 1.54) is 13.8 Å². The molecule has 78 valence electrons. The Balaban J connectivity index is 3.16. The van der Waals surface area contributed by atoms with E-state index in [0.29, 0.717) is 0 Å². The molecule has 0 bridgehead atoms. The Kier molecular flexibility index (Phi) is 2.61. The zero-order valence-corrected chi connectivity index (χ0v) is 8.41. The van der Waals surface area contributed by atoms with Crippen LogP contribution in [0.15, 0.2) is 15.9 Å². The molecule has 6 nitrogen and oxygen atoms in total. The molecule has 1 N–H and O–H groups in total. The highest BCUT2D eigenvalue weighted by atomic mass is 32.2. The van der Waals surface area contributed by atoms with Gasteiger partial charge in [0.1, 0.15) is 6.26 Å². The van der Waals surface area contributed by atoms with Crippen LogP contribution in [0.4, 0.5) is 0 Å². The van der Waals surface area contributed by atoms with Gasteiger partial charge in [-0.2, -0.15) is 4.98 Å². The molecule has 0 radical (unpaired) electrons. The van der Waals surface area contributed by atoms with Crippen LogP contribution in [0.2, 0.25) is 0 Å². The van der Waals surface area contributed by atoms with Crippen LogP contribution in [-0.2, 0) is 9.84 Å². The second-order valence-electron chi connectivity index (χ2n) is 2.90. The van der Waals surface area contributed by atoms with Crippen LogP contribution in [0.5, 0.6) is 0 Å². The first-order valence-corrected chi connectivity index (χ1v) is 5.33. The van der Waals surface area contributed by atoms with Crippen LogP contribution in [0.25, 0.3) is 0 Å². The number of carbonyl (C=O) groups is 1. The number of aromatic nitrogens is 1. The maximum absolute atomic E-state index is 11.4. The maximum Gasteiger partial charge on any atom is 0.357 e. The quantitative estimate of drug-likeness (QED) is 0.797. The normalized spacial score (nSPS) is 11.9. The summed E-state index contributed by atoms with van der Waals surface area (Å²) in [5.74, 6) is -1.32. The summed E-state index contributed by atoms with van der Waals surface area (Å²) in [6, 6.07) is 0. The topological polar surface area (TPSA) is 97.5 Å². The summed E-state index contributed by atoms with van der Waals surface area (Å²) in [5, 5.41) is 7.24. The summed E-state index contributed by atoms with van der Waals surface area (Å²) in [6.45, 7) is 2.92. The summed E-state index contributed by atoms with van der Waals surface area (Å²) < 4.78 is 27.4. The van der Waals surface area contributed by atoms with Crippen molar-refractivity contribution in [2.24, 2.45) is 0 Å². The zero-order valence-electron chi connectivity index (χ0n) is 7.59. The second kappa shape index (κ2) is 3.41. The first-order chi connectivity index (χ1) is 6.35. The molecule has 0 amide bonds. The van der Waals surface area contributed by atoms with Crippen molar-refractivity contribution in [3.05, 3.63) is 12.0 Å². The summed E-state index contributed by atoms with van der Waals surface area (Å²) in [7, 11) is -3.63. The molecule has 0 aliphatic heterocycles. The van der Waals surface area contributed by atoms with Gasteiger partial charge in [-0.25, -0.2) is 13.2 Å². The molecule has 1 aromatic rings. The van der Waals surface area contributed by atoms with E-state index in [4.69, 9.17) is 5.11 Å². The third-order valence-corrected chi connectivity index (χ3v) is 3.48. The maximum atomic E-state index is 11.4. The Bertz CT molecular complexity index is 444. The van der Waals surface area contributed by atoms with E-state index in [1.807, 2.05) is 0 Å². The molecule has 1 aromatic heterocycles. The molecule has 0 saturated heterocycles. The van der Waals surface area contributed by atoms with Crippen LogP contribution < -0.4 is 0 Å². The van der Waals surface area contributed by atoms with E-state index in [2.05, 4.69) is 9.40 Å². The van der Waals surface area contributed by atoms with Gasteiger partial charge in [0.2, 0.25) is 9.84 Å². The van der Waals surface area contributed by atoms with Gasteiger partial charge in [-0.05, 0) is 13.8 Å². The Labute approximate surface area is 80.5 Å². The molecule has 0 aliphatic rings. The van der Waals surface area contributed by atoms with E-state index in [9.17, 15) is 13.2 Å². The molecule has 0 saturated carbocycles. The lowest BCUT2D eigenvalue weighted by molar-refractivity contribution is 0.0690. The van der Waals surface area contributed by atoms with Crippen molar-refractivity contribution in [1.82, 2.24) is 4.98 Å². The standard InChI is InChI=1S/C7H9NO5S/c1-4(2)14(11,12)7-8-5(3-13-7)6(9)10/h3-4H,1-2H3,(H,9,10). The average molecular weight is 219 g/mol. The minimum atomic E-state index is -3.63. The second-order valence-corrected chi connectivity index (χ2v) is 5.28. The van der Waals surface area contributed by atoms with E-state index < -0.39 is 32.0 Å². The smallest absolute Gasteiger partial charge is 0.357 e. The van der Waals surface area contributed by atoms with Gasteiger partial charge in [0.25, 0.3) is 0 Å². The van der Waals surface area contributed by atoms with Gasteiger partial charge in [0, 0.05) is 0 Å². The van der Waals surface area contributed by atoms with Gasteiger partial charge in [0.05, 0.1) is 5.25 Å². The molecular weight excluding hydrogens is 210 g/mol. The third-order valence-electron chi connectivity index (χ3n) is 1.57. The number of hydrogen-bond donors (Lipinski definition) is 1. The summed E-state index contributed by atoms with van der Waals surface area (Å²) in [6.07, 6.45) is 0.803. The molecule has 1 heterocycles. The van der Waals surface area contributed by atoms with Gasteiger partial charge in [-0.3, -0.25) is 0 Å². The number of oxazole rings is 1. The van der Waals surface area contributed by atoms with Gasteiger partial charge in [-0.1, -0.05) is 0 Å². The van der Waals surface area contributed by atoms with Crippen LogP contribution in [0, 0.1) is 0 Å². The van der Waals surface area contributed by atoms with E-state index in [1.54, 1.807) is 0 Å². The molecule has 14 heavy (non-hydrogen) atoms. The van der Waals surface area contributed by atoms with Crippen molar-refractivity contribution in [2.75, 3.05) is 0 Å². The lowest BCUT2D eigenvalue weighted by Crippen LogP contribution is -2.14. The molecule has 0 atom stereocenters. The van der Waals surface area contributed by atoms with E-state index in [0.717, 1.165) is 6.26 Å². The molecule has 0 unspecified atom stereocenters. The fourth-order valence-corrected chi connectivity index (χ4v) is 1.50. The minimum absolute atomic E-state index is 0.413. The fourth-order valence-electron chi connectivity index (χ4n) is 0.688. The minimum Gasteiger partial charge on any atom is -0.476 e. The first kappa shape index (κ1) is 10.7. The van der Waals surface area contributed by atoms with Crippen molar-refractivity contribution < 1.29 is 22.7 Å². The predicted molar refractivity (Wildman–Crippen MR) is 45.8 cm³/mol. The highest BCUT2D eigenvalue weighted by molar-refractivity contribution is 7.91. The Morgan fingerprint density at radius 1 is 1.57 bits per heavy atom. The predicted octanol–water partition coefficient (Wildman–Crippen LogP) is 0.555. The fraction of sp³-hybridized carbons (Fsp3) is 0.429. The Hall–Kier alpha value is -1.37. The van der Waals surface area contributed by atoms with Gasteiger partial charge in [0.15, 0.2) is 5.69 Å². The van der Waals surface area contributed by atoms with Crippen molar-refractivity contribution in [1.29, 1.82) is 0 Å². The van der Waals surface area contributed by atoms with E-state index in [-0.39, 0.29) is 0 Å². The molecule has 0 aromatic carbocycles. The van der Waals surface area contributed by atoms with E-state index >= 15 is 0 Å². The number of aromatic carboxylic acids is 1. The molecule has 0 spiro atoms. The van der Waals surface area contributed by atoms with Crippen molar-refractivity contribution in [3.8, 4) is 0 Å². The van der Waals surface area contributed by atoms with Gasteiger partial charge >= 0.3 is 11.2 Å². The summed E-state index contributed by atoms with van der Waals surface area (Å²) >= 11 is 0. The van der Waals surface area contributed by atoms with Crippen LogP contribution in [0.1, 0.15) is 24.3 Å². The lowest BCUT2D eigenvalue weighted by Gasteiger charge is -2.00. The third kappa shape index (κ3) is 1.77. The van der Waals surface area contributed by atoms with Gasteiger partial charge in [-0.15, -0.1) is 0 Å². The molecule has 7 heteroatoms. The van der Waals surface area contributed by atoms with Crippen LogP contribution in [0.3, 0.4) is 0 Å². The largest absolute Gasteiger partial charge is 0.476 e. The highest BCUT2D eigenvalue weighted by Crippen LogP contribution is 2.14. The van der Waals surface area contributed by atoms with Crippen molar-refractivity contribution >= 4 is 15.8 Å². The zero-order chi connectivity index (χ0) is 10.9. The lowest BCUT2D eigenvalue weighted by atomic mass is 10.5. The number of carboxylic acid groups (broad SMARTS) is 1. The number of carboxylic acids is 1. The Morgan fingerprint density at radius 2 is 2.14 bits per heavy atom. The summed E-state index contributed by atoms with van der Waals surface area (Å²) in [4.78, 5) is 13.7. The molecule has 0 fully saturated rings. The molecule has 0 aliphatic carbocycles. The van der Waals surface area contributed by atoms with Crippen LogP contribution >= 0.6 is 0 Å². The number of rotatable bonds is 3. The monoisotopic (exact) mass is 219 g/mol. The number of nitrogens with zero attached hydrogens (tertiary/aromatic N) is 1. The van der Waals surface area contributed by atoms with Crippen LogP contribution in [-0.4, -0.2) is 29.7 Å². The first-order valence-electron chi connectivity index (χ1n) is 3.78. The summed E-state index contributed by atoms with van der Waals surface area (Å²) in [5.41, 5.74) is -0.413. The number of sulfone groups is 1. The van der Waals surface area contributed by atoms with Crippen molar-refractivity contribution in [2.45, 2.75) is 24.3 Å².